The summed E-state index contributed by atoms with van der Waals surface area (Å²) in [6.45, 7) is 0. The van der Waals surface area contributed by atoms with E-state index in [9.17, 15) is 0 Å². The van der Waals surface area contributed by atoms with Crippen LogP contribution in [0.1, 0.15) is 0 Å². The number of nitrogens with one attached hydrogen (secondary N) is 2. The van der Waals surface area contributed by atoms with Crippen molar-refractivity contribution in [1.82, 2.24) is 4.90 Å². The molecular weight excluding hydrogens is 126 g/mol. The third-order valence-electron chi connectivity index (χ3n) is 0.991. The molecule has 0 aliphatic rings. The molecule has 2 N–H and O–H groups in total. The van der Waals surface area contributed by atoms with Crippen LogP contribution in [0.2, 0.25) is 0 Å². The largest absolute Gasteiger partial charge is 0.384 e. The van der Waals surface area contributed by atoms with Crippen LogP contribution in [0.15, 0.2) is 12.3 Å². The van der Waals surface area contributed by atoms with Crippen LogP contribution >= 0.6 is 0 Å². The Balaban J connectivity index is 3.83. The highest BCUT2D eigenvalue weighted by molar-refractivity contribution is 5.82. The van der Waals surface area contributed by atoms with E-state index in [1.165, 1.54) is 12.4 Å². The molecule has 0 radical (unpaired) electrons. The maximum atomic E-state index is 6.86. The van der Waals surface area contributed by atoms with Gasteiger partial charge in [0.25, 0.3) is 0 Å². The molecule has 0 amide bonds. The van der Waals surface area contributed by atoms with Crippen LogP contribution in [0, 0.1) is 16.7 Å². The summed E-state index contributed by atoms with van der Waals surface area (Å²) >= 11 is 0. The summed E-state index contributed by atoms with van der Waals surface area (Å²) in [4.78, 5) is 1.88. The van der Waals surface area contributed by atoms with Gasteiger partial charge in [0, 0.05) is 32.4 Å². The first-order valence-electron chi connectivity index (χ1n) is 3.06. The molecule has 0 saturated carbocycles. The van der Waals surface area contributed by atoms with Crippen LogP contribution < -0.4 is 0 Å². The quantitative estimate of drug-likeness (QED) is 0.560. The number of hydrogen-bond acceptors (Lipinski definition) is 3. The van der Waals surface area contributed by atoms with Gasteiger partial charge in [-0.05, 0) is 6.20 Å². The molecule has 0 aromatic rings. The highest BCUT2D eigenvalue weighted by Crippen LogP contribution is 1.89. The second-order valence-electron chi connectivity index (χ2n) is 2.22. The average Bonchev–Trinajstić information content (AvgIpc) is 1.90. The SMILES string of the molecule is CN(C)C=CC(C=N)C=N. The molecule has 0 aliphatic heterocycles. The Morgan fingerprint density at radius 3 is 2.00 bits per heavy atom. The van der Waals surface area contributed by atoms with Crippen molar-refractivity contribution in [2.75, 3.05) is 14.1 Å². The van der Waals surface area contributed by atoms with Crippen molar-refractivity contribution in [2.45, 2.75) is 0 Å². The summed E-state index contributed by atoms with van der Waals surface area (Å²) in [7, 11) is 3.81. The van der Waals surface area contributed by atoms with Crippen molar-refractivity contribution >= 4 is 12.4 Å². The Hall–Kier alpha value is -1.12. The van der Waals surface area contributed by atoms with Crippen molar-refractivity contribution in [2.24, 2.45) is 5.92 Å². The lowest BCUT2D eigenvalue weighted by atomic mass is 10.2. The van der Waals surface area contributed by atoms with E-state index in [1.54, 1.807) is 6.08 Å². The summed E-state index contributed by atoms with van der Waals surface area (Å²) < 4.78 is 0. The molecule has 0 spiro atoms. The van der Waals surface area contributed by atoms with Gasteiger partial charge in [-0.3, -0.25) is 0 Å². The Bertz CT molecular complexity index is 130. The highest BCUT2D eigenvalue weighted by atomic mass is 15.0. The minimum absolute atomic E-state index is 0.151. The molecule has 0 saturated heterocycles. The van der Waals surface area contributed by atoms with Gasteiger partial charge in [0.15, 0.2) is 0 Å². The standard InChI is InChI=1S/C7H13N3/c1-10(2)4-3-7(5-8)6-9/h3-9H,1-2H3. The number of allylic oxidation sites excluding steroid dienone is 1. The molecule has 0 heterocycles. The first kappa shape index (κ1) is 8.88. The lowest BCUT2D eigenvalue weighted by Crippen LogP contribution is -2.04. The van der Waals surface area contributed by atoms with Crippen LogP contribution in [0.3, 0.4) is 0 Å². The smallest absolute Gasteiger partial charge is 0.0479 e. The molecule has 0 fully saturated rings. The van der Waals surface area contributed by atoms with Gasteiger partial charge < -0.3 is 15.7 Å². The van der Waals surface area contributed by atoms with E-state index in [1.807, 2.05) is 25.2 Å². The fourth-order valence-corrected chi connectivity index (χ4v) is 0.431. The molecule has 0 rings (SSSR count). The summed E-state index contributed by atoms with van der Waals surface area (Å²) in [6, 6.07) is 0. The molecule has 0 aliphatic carbocycles. The Morgan fingerprint density at radius 1 is 1.20 bits per heavy atom. The van der Waals surface area contributed by atoms with E-state index in [0.29, 0.717) is 0 Å². The maximum Gasteiger partial charge on any atom is 0.0479 e. The van der Waals surface area contributed by atoms with Crippen molar-refractivity contribution < 1.29 is 0 Å². The van der Waals surface area contributed by atoms with Crippen molar-refractivity contribution in [3.8, 4) is 0 Å². The number of rotatable bonds is 4. The fraction of sp³-hybridized carbons (Fsp3) is 0.429. The Morgan fingerprint density at radius 2 is 1.70 bits per heavy atom. The fourth-order valence-electron chi connectivity index (χ4n) is 0.431. The third-order valence-corrected chi connectivity index (χ3v) is 0.991. The average molecular weight is 139 g/mol. The molecule has 0 atom stereocenters. The molecule has 56 valence electrons. The van der Waals surface area contributed by atoms with Gasteiger partial charge in [-0.1, -0.05) is 6.08 Å². The van der Waals surface area contributed by atoms with E-state index >= 15 is 0 Å². The third kappa shape index (κ3) is 3.83. The van der Waals surface area contributed by atoms with E-state index in [0.717, 1.165) is 0 Å². The predicted octanol–water partition coefficient (Wildman–Crippen LogP) is 0.977. The molecule has 0 aromatic heterocycles. The molecule has 10 heavy (non-hydrogen) atoms. The molecule has 3 nitrogen and oxygen atoms in total. The van der Waals surface area contributed by atoms with Gasteiger partial charge in [0.2, 0.25) is 0 Å². The molecule has 3 heteroatoms. The highest BCUT2D eigenvalue weighted by Gasteiger charge is 1.91. The van der Waals surface area contributed by atoms with Gasteiger partial charge in [-0.25, -0.2) is 0 Å². The van der Waals surface area contributed by atoms with Crippen LogP contribution in [0.5, 0.6) is 0 Å². The zero-order valence-electron chi connectivity index (χ0n) is 6.33. The van der Waals surface area contributed by atoms with Gasteiger partial charge in [0.1, 0.15) is 0 Å². The van der Waals surface area contributed by atoms with E-state index < -0.39 is 0 Å². The van der Waals surface area contributed by atoms with E-state index in [4.69, 9.17) is 10.8 Å². The second kappa shape index (κ2) is 4.73. The molecule has 0 unspecified atom stereocenters. The Kier molecular flexibility index (Phi) is 4.20. The maximum absolute atomic E-state index is 6.86. The molecule has 0 aromatic carbocycles. The topological polar surface area (TPSA) is 50.9 Å². The molecule has 0 bridgehead atoms. The van der Waals surface area contributed by atoms with E-state index in [2.05, 4.69) is 0 Å². The zero-order chi connectivity index (χ0) is 7.98. The van der Waals surface area contributed by atoms with Crippen LogP contribution in [0.4, 0.5) is 0 Å². The van der Waals surface area contributed by atoms with Gasteiger partial charge >= 0.3 is 0 Å². The summed E-state index contributed by atoms with van der Waals surface area (Å²) in [5, 5.41) is 13.7. The van der Waals surface area contributed by atoms with Crippen molar-refractivity contribution in [3.63, 3.8) is 0 Å². The first-order chi connectivity index (χ1) is 4.70. The number of nitrogens with zero attached hydrogens (tertiary/aromatic N) is 1. The zero-order valence-corrected chi connectivity index (χ0v) is 6.33. The minimum atomic E-state index is -0.151. The van der Waals surface area contributed by atoms with Crippen molar-refractivity contribution in [3.05, 3.63) is 12.3 Å². The predicted molar refractivity (Wildman–Crippen MR) is 43.9 cm³/mol. The van der Waals surface area contributed by atoms with Gasteiger partial charge in [0.05, 0.1) is 0 Å². The van der Waals surface area contributed by atoms with Gasteiger partial charge in [-0.2, -0.15) is 0 Å². The van der Waals surface area contributed by atoms with Crippen LogP contribution in [-0.4, -0.2) is 31.4 Å². The van der Waals surface area contributed by atoms with Crippen molar-refractivity contribution in [1.29, 1.82) is 10.8 Å². The minimum Gasteiger partial charge on any atom is -0.384 e. The van der Waals surface area contributed by atoms with E-state index in [-0.39, 0.29) is 5.92 Å². The monoisotopic (exact) mass is 139 g/mol. The Labute approximate surface area is 61.4 Å². The second-order valence-corrected chi connectivity index (χ2v) is 2.22. The van der Waals surface area contributed by atoms with Crippen LogP contribution in [-0.2, 0) is 0 Å². The number of hydrogen-bond donors (Lipinski definition) is 2. The summed E-state index contributed by atoms with van der Waals surface area (Å²) in [5.74, 6) is -0.151. The lowest BCUT2D eigenvalue weighted by Gasteiger charge is -2.03. The summed E-state index contributed by atoms with van der Waals surface area (Å²) in [5.41, 5.74) is 0. The summed E-state index contributed by atoms with van der Waals surface area (Å²) in [6.07, 6.45) is 6.08. The normalized spacial score (nSPS) is 13.0. The molecular formula is C7H13N3. The van der Waals surface area contributed by atoms with Gasteiger partial charge in [-0.15, -0.1) is 0 Å². The first-order valence-corrected chi connectivity index (χ1v) is 3.06. The van der Waals surface area contributed by atoms with Crippen LogP contribution in [0.25, 0.3) is 0 Å². The lowest BCUT2D eigenvalue weighted by molar-refractivity contribution is 0.561.